The molecule has 120 valence electrons. The van der Waals surface area contributed by atoms with Crippen molar-refractivity contribution >= 4 is 36.3 Å². The third-order valence-electron chi connectivity index (χ3n) is 3.54. The van der Waals surface area contributed by atoms with Crippen LogP contribution in [0.25, 0.3) is 11.2 Å². The van der Waals surface area contributed by atoms with Gasteiger partial charge in [-0.15, -0.1) is 0 Å². The van der Waals surface area contributed by atoms with Crippen molar-refractivity contribution in [2.75, 3.05) is 25.1 Å². The standard InChI is InChI=1S/C12H17ClN5O3P/c1-2-20-22(19)4-3-8(6-21-22)5-18-7-15-9-10(13)16-12(14)17-11(9)18/h7-8H,2-6H2,1H3,(H2,14,16,17). The predicted octanol–water partition coefficient (Wildman–Crippen LogP) is 2.33. The number of anilines is 1. The molecular formula is C12H17ClN5O3P. The highest BCUT2D eigenvalue weighted by Crippen LogP contribution is 2.52. The van der Waals surface area contributed by atoms with Crippen molar-refractivity contribution in [1.29, 1.82) is 0 Å². The smallest absolute Gasteiger partial charge is 0.330 e. The van der Waals surface area contributed by atoms with Gasteiger partial charge in [-0.3, -0.25) is 4.57 Å². The number of fused-ring (bicyclic) bond motifs is 1. The second-order valence-corrected chi connectivity index (χ2v) is 7.69. The maximum Gasteiger partial charge on any atom is 0.330 e. The zero-order valence-electron chi connectivity index (χ0n) is 12.1. The van der Waals surface area contributed by atoms with Crippen molar-refractivity contribution in [3.05, 3.63) is 11.5 Å². The topological polar surface area (TPSA) is 105 Å². The molecule has 2 N–H and O–H groups in total. The molecule has 0 aromatic carbocycles. The molecule has 0 amide bonds. The molecule has 3 rings (SSSR count). The first kappa shape index (κ1) is 15.7. The van der Waals surface area contributed by atoms with Gasteiger partial charge < -0.3 is 19.3 Å². The molecule has 1 fully saturated rings. The van der Waals surface area contributed by atoms with Crippen LogP contribution in [0.15, 0.2) is 6.33 Å². The molecule has 1 aliphatic heterocycles. The molecule has 22 heavy (non-hydrogen) atoms. The van der Waals surface area contributed by atoms with E-state index in [0.29, 0.717) is 37.1 Å². The highest BCUT2D eigenvalue weighted by molar-refractivity contribution is 7.53. The van der Waals surface area contributed by atoms with Crippen molar-refractivity contribution in [2.45, 2.75) is 19.9 Å². The van der Waals surface area contributed by atoms with Gasteiger partial charge in [-0.2, -0.15) is 9.97 Å². The van der Waals surface area contributed by atoms with E-state index >= 15 is 0 Å². The molecular weight excluding hydrogens is 329 g/mol. The lowest BCUT2D eigenvalue weighted by atomic mass is 10.1. The number of aromatic nitrogens is 4. The van der Waals surface area contributed by atoms with Crippen LogP contribution >= 0.6 is 19.2 Å². The van der Waals surface area contributed by atoms with Crippen molar-refractivity contribution in [2.24, 2.45) is 5.92 Å². The van der Waals surface area contributed by atoms with E-state index in [0.717, 1.165) is 6.42 Å². The summed E-state index contributed by atoms with van der Waals surface area (Å²) in [6, 6.07) is 0. The molecule has 0 aliphatic carbocycles. The van der Waals surface area contributed by atoms with Gasteiger partial charge in [0, 0.05) is 12.5 Å². The van der Waals surface area contributed by atoms with Crippen LogP contribution in [0, 0.1) is 5.92 Å². The molecule has 2 unspecified atom stereocenters. The van der Waals surface area contributed by atoms with Crippen LogP contribution in [0.1, 0.15) is 13.3 Å². The Morgan fingerprint density at radius 2 is 2.41 bits per heavy atom. The molecule has 1 saturated heterocycles. The fourth-order valence-electron chi connectivity index (χ4n) is 2.49. The second-order valence-electron chi connectivity index (χ2n) is 5.14. The molecule has 8 nitrogen and oxygen atoms in total. The lowest BCUT2D eigenvalue weighted by molar-refractivity contribution is 0.151. The average molecular weight is 346 g/mol. The number of hydrogen-bond acceptors (Lipinski definition) is 7. The van der Waals surface area contributed by atoms with Gasteiger partial charge in [0.1, 0.15) is 5.52 Å². The van der Waals surface area contributed by atoms with Gasteiger partial charge in [-0.25, -0.2) is 4.98 Å². The summed E-state index contributed by atoms with van der Waals surface area (Å²) in [4.78, 5) is 12.3. The number of imidazole rings is 1. The Balaban J connectivity index is 1.74. The lowest BCUT2D eigenvalue weighted by Gasteiger charge is -2.28. The molecule has 2 aromatic rings. The molecule has 2 aromatic heterocycles. The van der Waals surface area contributed by atoms with E-state index in [4.69, 9.17) is 26.4 Å². The third kappa shape index (κ3) is 3.10. The molecule has 10 heteroatoms. The first-order chi connectivity index (χ1) is 10.5. The third-order valence-corrected chi connectivity index (χ3v) is 5.80. The first-order valence-electron chi connectivity index (χ1n) is 7.03. The maximum absolute atomic E-state index is 12.2. The minimum atomic E-state index is -2.90. The van der Waals surface area contributed by atoms with Crippen molar-refractivity contribution < 1.29 is 13.6 Å². The van der Waals surface area contributed by atoms with Gasteiger partial charge in [0.25, 0.3) is 0 Å². The minimum Gasteiger partial charge on any atom is -0.368 e. The Bertz CT molecular complexity index is 725. The van der Waals surface area contributed by atoms with Crippen molar-refractivity contribution in [1.82, 2.24) is 19.5 Å². The molecule has 2 atom stereocenters. The summed E-state index contributed by atoms with van der Waals surface area (Å²) in [5, 5.41) is 0.238. The van der Waals surface area contributed by atoms with Crippen LogP contribution in [0.2, 0.25) is 5.15 Å². The van der Waals surface area contributed by atoms with Gasteiger partial charge >= 0.3 is 7.60 Å². The highest BCUT2D eigenvalue weighted by atomic mass is 35.5. The number of halogens is 1. The second kappa shape index (κ2) is 6.12. The van der Waals surface area contributed by atoms with Gasteiger partial charge in [0.05, 0.1) is 25.7 Å². The predicted molar refractivity (Wildman–Crippen MR) is 82.9 cm³/mol. The van der Waals surface area contributed by atoms with Crippen LogP contribution in [0.4, 0.5) is 5.95 Å². The molecule has 0 spiro atoms. The first-order valence-corrected chi connectivity index (χ1v) is 9.13. The summed E-state index contributed by atoms with van der Waals surface area (Å²) in [6.07, 6.45) is 2.84. The average Bonchev–Trinajstić information content (AvgIpc) is 2.85. The minimum absolute atomic E-state index is 0.111. The number of hydrogen-bond donors (Lipinski definition) is 1. The summed E-state index contributed by atoms with van der Waals surface area (Å²) in [7, 11) is -2.90. The Labute approximate surface area is 132 Å². The van der Waals surface area contributed by atoms with E-state index in [2.05, 4.69) is 15.0 Å². The Kier molecular flexibility index (Phi) is 4.36. The monoisotopic (exact) mass is 345 g/mol. The van der Waals surface area contributed by atoms with E-state index in [9.17, 15) is 4.57 Å². The van der Waals surface area contributed by atoms with Crippen LogP contribution < -0.4 is 5.73 Å². The normalized spacial score (nSPS) is 25.6. The maximum atomic E-state index is 12.2. The summed E-state index contributed by atoms with van der Waals surface area (Å²) < 4.78 is 24.7. The number of rotatable bonds is 4. The van der Waals surface area contributed by atoms with Crippen LogP contribution in [-0.2, 0) is 20.2 Å². The van der Waals surface area contributed by atoms with Crippen molar-refractivity contribution in [3.8, 4) is 0 Å². The van der Waals surface area contributed by atoms with E-state index in [1.165, 1.54) is 0 Å². The molecule has 0 bridgehead atoms. The van der Waals surface area contributed by atoms with Gasteiger partial charge in [-0.1, -0.05) is 11.6 Å². The van der Waals surface area contributed by atoms with Gasteiger partial charge in [0.2, 0.25) is 5.95 Å². The zero-order chi connectivity index (χ0) is 15.7. The van der Waals surface area contributed by atoms with Crippen LogP contribution in [0.3, 0.4) is 0 Å². The summed E-state index contributed by atoms with van der Waals surface area (Å²) >= 11 is 6.01. The SMILES string of the molecule is CCOP1(=O)CCC(Cn2cnc3c(Cl)nc(N)nc32)CO1. The van der Waals surface area contributed by atoms with Crippen LogP contribution in [-0.4, -0.2) is 38.9 Å². The lowest BCUT2D eigenvalue weighted by Crippen LogP contribution is -2.23. The van der Waals surface area contributed by atoms with E-state index in [1.54, 1.807) is 13.3 Å². The van der Waals surface area contributed by atoms with E-state index in [-0.39, 0.29) is 17.0 Å². The number of nitrogen functional groups attached to an aromatic ring is 1. The number of nitrogens with zero attached hydrogens (tertiary/aromatic N) is 4. The Hall–Kier alpha value is -1.21. The fourth-order valence-corrected chi connectivity index (χ4v) is 4.55. The number of nitrogens with two attached hydrogens (primary N) is 1. The van der Waals surface area contributed by atoms with E-state index < -0.39 is 7.60 Å². The van der Waals surface area contributed by atoms with Crippen LogP contribution in [0.5, 0.6) is 0 Å². The summed E-state index contributed by atoms with van der Waals surface area (Å²) in [5.41, 5.74) is 6.74. The molecule has 3 heterocycles. The Morgan fingerprint density at radius 3 is 3.09 bits per heavy atom. The summed E-state index contributed by atoms with van der Waals surface area (Å²) in [6.45, 7) is 3.21. The molecule has 0 radical (unpaired) electrons. The highest BCUT2D eigenvalue weighted by Gasteiger charge is 2.32. The van der Waals surface area contributed by atoms with E-state index in [1.807, 2.05) is 4.57 Å². The Morgan fingerprint density at radius 1 is 1.59 bits per heavy atom. The fraction of sp³-hybridized carbons (Fsp3) is 0.583. The zero-order valence-corrected chi connectivity index (χ0v) is 13.8. The van der Waals surface area contributed by atoms with Crippen molar-refractivity contribution in [3.63, 3.8) is 0 Å². The van der Waals surface area contributed by atoms with Gasteiger partial charge in [0.15, 0.2) is 10.8 Å². The molecule has 1 aliphatic rings. The largest absolute Gasteiger partial charge is 0.368 e. The quantitative estimate of drug-likeness (QED) is 0.669. The van der Waals surface area contributed by atoms with Gasteiger partial charge in [-0.05, 0) is 13.3 Å². The summed E-state index contributed by atoms with van der Waals surface area (Å²) in [5.74, 6) is 0.315. The molecule has 0 saturated carbocycles.